The van der Waals surface area contributed by atoms with Gasteiger partial charge in [0.2, 0.25) is 8.45 Å². The zero-order valence-electron chi connectivity index (χ0n) is 5.56. The van der Waals surface area contributed by atoms with E-state index in [0.29, 0.717) is 0 Å². The highest BCUT2D eigenvalue weighted by molar-refractivity contribution is 7.63. The zero-order chi connectivity index (χ0) is 7.23. The molecule has 1 atom stereocenters. The summed E-state index contributed by atoms with van der Waals surface area (Å²) in [6.07, 6.45) is 1.04. The molecule has 0 saturated heterocycles. The minimum absolute atomic E-state index is 0.721. The molecule has 0 amide bonds. The maximum Gasteiger partial charge on any atom is 0.250 e. The SMILES string of the molecule is CCCOP1N=PN=PN1. The smallest absolute Gasteiger partial charge is 0.250 e. The molecule has 0 aliphatic carbocycles. The van der Waals surface area contributed by atoms with Crippen molar-refractivity contribution >= 4 is 25.5 Å². The Morgan fingerprint density at radius 3 is 3.20 bits per heavy atom. The molecule has 0 aromatic rings. The fraction of sp³-hybridized carbons (Fsp3) is 1.00. The fourth-order valence-electron chi connectivity index (χ4n) is 0.385. The van der Waals surface area contributed by atoms with Gasteiger partial charge in [-0.1, -0.05) is 6.92 Å². The van der Waals surface area contributed by atoms with Crippen LogP contribution in [0.5, 0.6) is 0 Å². The molecule has 0 radical (unpaired) electrons. The molecule has 0 bridgehead atoms. The normalized spacial score (nSPS) is 26.7. The summed E-state index contributed by atoms with van der Waals surface area (Å²) < 4.78 is 13.4. The first-order valence-electron chi connectivity index (χ1n) is 2.93. The van der Waals surface area contributed by atoms with Crippen molar-refractivity contribution in [3.8, 4) is 0 Å². The molecule has 56 valence electrons. The molecule has 1 unspecified atom stereocenters. The number of nitrogens with zero attached hydrogens (tertiary/aromatic N) is 2. The second-order valence-corrected chi connectivity index (χ2v) is 4.99. The lowest BCUT2D eigenvalue weighted by molar-refractivity contribution is 0.350. The van der Waals surface area contributed by atoms with E-state index in [-0.39, 0.29) is 0 Å². The molecule has 0 spiro atoms. The van der Waals surface area contributed by atoms with Crippen molar-refractivity contribution in [2.75, 3.05) is 6.61 Å². The van der Waals surface area contributed by atoms with E-state index in [9.17, 15) is 0 Å². The average molecular weight is 195 g/mol. The summed E-state index contributed by atoms with van der Waals surface area (Å²) >= 11 is 0. The van der Waals surface area contributed by atoms with Crippen LogP contribution in [0.25, 0.3) is 0 Å². The highest BCUT2D eigenvalue weighted by Gasteiger charge is 2.06. The lowest BCUT2D eigenvalue weighted by Gasteiger charge is -2.09. The first-order valence-corrected chi connectivity index (χ1v) is 5.79. The van der Waals surface area contributed by atoms with Gasteiger partial charge in [-0.15, -0.1) is 0 Å². The minimum atomic E-state index is -0.721. The third kappa shape index (κ3) is 3.09. The van der Waals surface area contributed by atoms with Gasteiger partial charge in [-0.25, -0.2) is 0 Å². The van der Waals surface area contributed by atoms with E-state index < -0.39 is 8.45 Å². The summed E-state index contributed by atoms with van der Waals surface area (Å²) in [5.41, 5.74) is 0. The largest absolute Gasteiger partial charge is 0.325 e. The molecule has 4 nitrogen and oxygen atoms in total. The van der Waals surface area contributed by atoms with Crippen LogP contribution in [0, 0.1) is 0 Å². The topological polar surface area (TPSA) is 46.0 Å². The van der Waals surface area contributed by atoms with Crippen LogP contribution in [-0.2, 0) is 4.52 Å². The fourth-order valence-corrected chi connectivity index (χ4v) is 3.44. The minimum Gasteiger partial charge on any atom is -0.325 e. The second kappa shape index (κ2) is 5.23. The summed E-state index contributed by atoms with van der Waals surface area (Å²) in [6.45, 7) is 2.87. The zero-order valence-corrected chi connectivity index (χ0v) is 8.24. The van der Waals surface area contributed by atoms with Gasteiger partial charge in [-0.2, -0.15) is 13.9 Å². The van der Waals surface area contributed by atoms with Crippen molar-refractivity contribution in [2.45, 2.75) is 13.3 Å². The molecule has 1 aliphatic heterocycles. The van der Waals surface area contributed by atoms with Crippen molar-refractivity contribution in [1.82, 2.24) is 4.86 Å². The molecule has 0 saturated carbocycles. The van der Waals surface area contributed by atoms with Crippen LogP contribution in [0.15, 0.2) is 9.03 Å². The Labute approximate surface area is 64.6 Å². The lowest BCUT2D eigenvalue weighted by Crippen LogP contribution is -1.94. The molecule has 0 aromatic carbocycles. The van der Waals surface area contributed by atoms with E-state index in [1.54, 1.807) is 0 Å². The molecule has 1 heterocycles. The maximum atomic E-state index is 5.35. The first kappa shape index (κ1) is 8.64. The van der Waals surface area contributed by atoms with Gasteiger partial charge in [-0.3, -0.25) is 0 Å². The molecule has 7 heteroatoms. The van der Waals surface area contributed by atoms with Crippen molar-refractivity contribution < 1.29 is 4.52 Å². The standard InChI is InChI=1S/C3H8N3OP3/c1-2-3-7-10-5-8-4-9-6-10/h2-3H2,1H3,(H,4,5,6). The maximum absolute atomic E-state index is 5.35. The summed E-state index contributed by atoms with van der Waals surface area (Å²) in [4.78, 5) is 3.03. The van der Waals surface area contributed by atoms with E-state index in [1.807, 2.05) is 0 Å². The van der Waals surface area contributed by atoms with Crippen molar-refractivity contribution in [3.05, 3.63) is 0 Å². The second-order valence-electron chi connectivity index (χ2n) is 1.57. The van der Waals surface area contributed by atoms with Crippen molar-refractivity contribution in [1.29, 1.82) is 0 Å². The highest BCUT2D eigenvalue weighted by Crippen LogP contribution is 2.43. The summed E-state index contributed by atoms with van der Waals surface area (Å²) in [7, 11) is 0.977. The van der Waals surface area contributed by atoms with Crippen LogP contribution in [0.1, 0.15) is 13.3 Å². The predicted molar refractivity (Wildman–Crippen MR) is 45.0 cm³/mol. The summed E-state index contributed by atoms with van der Waals surface area (Å²) in [5.74, 6) is 0. The number of hydrogen-bond donors (Lipinski definition) is 1. The molecular formula is C3H8N3OP3. The van der Waals surface area contributed by atoms with Gasteiger partial charge in [0, 0.05) is 0 Å². The van der Waals surface area contributed by atoms with Crippen molar-refractivity contribution in [2.24, 2.45) is 9.03 Å². The van der Waals surface area contributed by atoms with Crippen LogP contribution in [0.3, 0.4) is 0 Å². The van der Waals surface area contributed by atoms with E-state index in [2.05, 4.69) is 20.8 Å². The Morgan fingerprint density at radius 1 is 1.70 bits per heavy atom. The number of nitrogens with one attached hydrogen (secondary N) is 1. The Bertz CT molecular complexity index is 150. The monoisotopic (exact) mass is 195 g/mol. The lowest BCUT2D eigenvalue weighted by atomic mass is 10.5. The van der Waals surface area contributed by atoms with Gasteiger partial charge < -0.3 is 4.52 Å². The predicted octanol–water partition coefficient (Wildman–Crippen LogP) is 3.33. The Balaban J connectivity index is 2.17. The molecule has 1 aliphatic rings. The first-order chi connectivity index (χ1) is 4.93. The molecule has 10 heavy (non-hydrogen) atoms. The molecule has 0 aromatic heterocycles. The van der Waals surface area contributed by atoms with Gasteiger partial charge >= 0.3 is 0 Å². The van der Waals surface area contributed by atoms with Gasteiger partial charge in [-0.05, 0) is 6.42 Å². The average Bonchev–Trinajstić information content (AvgIpc) is 2.03. The van der Waals surface area contributed by atoms with Crippen LogP contribution < -0.4 is 4.86 Å². The highest BCUT2D eigenvalue weighted by atomic mass is 31.2. The molecule has 0 fully saturated rings. The molecule has 1 N–H and O–H groups in total. The quantitative estimate of drug-likeness (QED) is 0.702. The summed E-state index contributed by atoms with van der Waals surface area (Å²) in [6, 6.07) is 0. The van der Waals surface area contributed by atoms with E-state index in [4.69, 9.17) is 4.52 Å². The Hall–Kier alpha value is 0.550. The summed E-state index contributed by atoms with van der Waals surface area (Å²) in [5, 5.41) is 0. The van der Waals surface area contributed by atoms with Crippen LogP contribution in [-0.4, -0.2) is 6.61 Å². The Morgan fingerprint density at radius 2 is 2.60 bits per heavy atom. The molecule has 1 rings (SSSR count). The van der Waals surface area contributed by atoms with Crippen LogP contribution in [0.2, 0.25) is 0 Å². The third-order valence-electron chi connectivity index (χ3n) is 0.754. The number of hydrogen-bond acceptors (Lipinski definition) is 4. The van der Waals surface area contributed by atoms with Crippen molar-refractivity contribution in [3.63, 3.8) is 0 Å². The van der Waals surface area contributed by atoms with Gasteiger partial charge in [0.15, 0.2) is 8.52 Å². The van der Waals surface area contributed by atoms with Crippen LogP contribution in [0.4, 0.5) is 0 Å². The van der Waals surface area contributed by atoms with E-state index in [1.165, 1.54) is 0 Å². The van der Waals surface area contributed by atoms with Gasteiger partial charge in [0.1, 0.15) is 8.52 Å². The Kier molecular flexibility index (Phi) is 4.52. The van der Waals surface area contributed by atoms with E-state index in [0.717, 1.165) is 30.1 Å². The number of rotatable bonds is 3. The third-order valence-corrected chi connectivity index (χ3v) is 3.87. The van der Waals surface area contributed by atoms with Gasteiger partial charge in [0.05, 0.1) is 6.61 Å². The molecular weight excluding hydrogens is 187 g/mol. The van der Waals surface area contributed by atoms with Gasteiger partial charge in [0.25, 0.3) is 0 Å². The van der Waals surface area contributed by atoms with Crippen LogP contribution >= 0.6 is 25.5 Å². The van der Waals surface area contributed by atoms with E-state index >= 15 is 0 Å².